The van der Waals surface area contributed by atoms with Gasteiger partial charge in [-0.05, 0) is 19.1 Å². The van der Waals surface area contributed by atoms with Crippen molar-refractivity contribution in [2.75, 3.05) is 7.11 Å². The minimum absolute atomic E-state index is 0.209. The molecule has 0 atom stereocenters. The van der Waals surface area contributed by atoms with E-state index in [4.69, 9.17) is 4.74 Å². The zero-order chi connectivity index (χ0) is 11.7. The minimum atomic E-state index is -0.856. The fourth-order valence-corrected chi connectivity index (χ4v) is 1.67. The molecule has 0 aliphatic heterocycles. The predicted octanol–water partition coefficient (Wildman–Crippen LogP) is 3.28. The van der Waals surface area contributed by atoms with Crippen LogP contribution in [0, 0.1) is 18.6 Å². The van der Waals surface area contributed by atoms with Gasteiger partial charge < -0.3 is 9.72 Å². The van der Waals surface area contributed by atoms with Gasteiger partial charge in [0.1, 0.15) is 5.75 Å². The number of halogens is 2. The summed E-state index contributed by atoms with van der Waals surface area (Å²) in [6.07, 6.45) is 1.62. The van der Waals surface area contributed by atoms with E-state index in [-0.39, 0.29) is 5.56 Å². The highest BCUT2D eigenvalue weighted by atomic mass is 19.2. The fourth-order valence-electron chi connectivity index (χ4n) is 1.67. The lowest BCUT2D eigenvalue weighted by molar-refractivity contribution is 0.412. The fraction of sp³-hybridized carbons (Fsp3) is 0.167. The molecule has 0 saturated carbocycles. The van der Waals surface area contributed by atoms with E-state index in [9.17, 15) is 8.78 Å². The van der Waals surface area contributed by atoms with E-state index in [0.29, 0.717) is 11.4 Å². The predicted molar refractivity (Wildman–Crippen MR) is 57.4 cm³/mol. The topological polar surface area (TPSA) is 25.0 Å². The number of rotatable bonds is 2. The van der Waals surface area contributed by atoms with E-state index < -0.39 is 11.6 Å². The number of hydrogen-bond acceptors (Lipinski definition) is 1. The zero-order valence-corrected chi connectivity index (χ0v) is 8.97. The van der Waals surface area contributed by atoms with Crippen LogP contribution in [0.2, 0.25) is 0 Å². The summed E-state index contributed by atoms with van der Waals surface area (Å²) < 4.78 is 31.7. The molecule has 0 bridgehead atoms. The number of hydrogen-bond donors (Lipinski definition) is 1. The number of nitrogens with one attached hydrogen (secondary N) is 1. The van der Waals surface area contributed by atoms with Crippen LogP contribution in [-0.2, 0) is 0 Å². The average molecular weight is 223 g/mol. The van der Waals surface area contributed by atoms with Crippen LogP contribution in [-0.4, -0.2) is 12.1 Å². The van der Waals surface area contributed by atoms with Crippen LogP contribution in [0.3, 0.4) is 0 Å². The van der Waals surface area contributed by atoms with Gasteiger partial charge in [0.05, 0.1) is 12.8 Å². The third-order valence-electron chi connectivity index (χ3n) is 2.53. The maximum Gasteiger partial charge on any atom is 0.168 e. The molecule has 2 aromatic rings. The molecule has 0 aliphatic carbocycles. The third-order valence-corrected chi connectivity index (χ3v) is 2.53. The minimum Gasteiger partial charge on any atom is -0.495 e. The molecular weight excluding hydrogens is 212 g/mol. The smallest absolute Gasteiger partial charge is 0.168 e. The van der Waals surface area contributed by atoms with Crippen LogP contribution in [0.4, 0.5) is 8.78 Å². The maximum absolute atomic E-state index is 13.5. The molecule has 0 fully saturated rings. The van der Waals surface area contributed by atoms with Crippen LogP contribution in [0.5, 0.6) is 5.75 Å². The Labute approximate surface area is 91.9 Å². The van der Waals surface area contributed by atoms with Crippen molar-refractivity contribution in [3.63, 3.8) is 0 Å². The first-order chi connectivity index (χ1) is 7.65. The lowest BCUT2D eigenvalue weighted by Gasteiger charge is -2.03. The highest BCUT2D eigenvalue weighted by Crippen LogP contribution is 2.31. The van der Waals surface area contributed by atoms with E-state index in [0.717, 1.165) is 11.6 Å². The second kappa shape index (κ2) is 3.96. The van der Waals surface area contributed by atoms with E-state index in [2.05, 4.69) is 4.98 Å². The molecule has 0 radical (unpaired) electrons. The summed E-state index contributed by atoms with van der Waals surface area (Å²) in [5.74, 6) is -1.08. The summed E-state index contributed by atoms with van der Waals surface area (Å²) in [6, 6.07) is 4.09. The molecule has 2 nitrogen and oxygen atoms in total. The number of H-pyrrole nitrogens is 1. The average Bonchev–Trinajstić information content (AvgIpc) is 2.64. The van der Waals surface area contributed by atoms with Crippen LogP contribution >= 0.6 is 0 Å². The van der Waals surface area contributed by atoms with Gasteiger partial charge in [-0.1, -0.05) is 6.07 Å². The summed E-state index contributed by atoms with van der Waals surface area (Å²) in [4.78, 5) is 2.88. The van der Waals surface area contributed by atoms with Gasteiger partial charge >= 0.3 is 0 Å². The molecule has 0 amide bonds. The molecule has 2 rings (SSSR count). The Balaban J connectivity index is 2.59. The number of methoxy groups -OCH3 is 1. The first kappa shape index (κ1) is 10.7. The van der Waals surface area contributed by atoms with E-state index in [1.54, 1.807) is 13.1 Å². The number of aromatic amines is 1. The van der Waals surface area contributed by atoms with Crippen molar-refractivity contribution in [2.45, 2.75) is 6.92 Å². The third kappa shape index (κ3) is 1.56. The Morgan fingerprint density at radius 1 is 1.25 bits per heavy atom. The van der Waals surface area contributed by atoms with Crippen molar-refractivity contribution in [3.8, 4) is 17.0 Å². The number of aromatic nitrogens is 1. The van der Waals surface area contributed by atoms with Gasteiger partial charge in [0, 0.05) is 17.3 Å². The van der Waals surface area contributed by atoms with Crippen molar-refractivity contribution in [2.24, 2.45) is 0 Å². The Hall–Kier alpha value is -1.84. The van der Waals surface area contributed by atoms with E-state index >= 15 is 0 Å². The van der Waals surface area contributed by atoms with Gasteiger partial charge in [-0.3, -0.25) is 0 Å². The van der Waals surface area contributed by atoms with Gasteiger partial charge in [-0.15, -0.1) is 0 Å². The summed E-state index contributed by atoms with van der Waals surface area (Å²) >= 11 is 0. The van der Waals surface area contributed by atoms with Crippen LogP contribution < -0.4 is 4.74 Å². The molecular formula is C12H11F2NO. The molecule has 0 unspecified atom stereocenters. The standard InChI is InChI=1S/C12H11F2NO/c1-7-10(16-2)6-15-12(7)8-4-3-5-9(13)11(8)14/h3-6,15H,1-2H3. The monoisotopic (exact) mass is 223 g/mol. The van der Waals surface area contributed by atoms with Gasteiger partial charge in [-0.25, -0.2) is 8.78 Å². The molecule has 1 N–H and O–H groups in total. The number of benzene rings is 1. The zero-order valence-electron chi connectivity index (χ0n) is 8.97. The largest absolute Gasteiger partial charge is 0.495 e. The molecule has 1 heterocycles. The lowest BCUT2D eigenvalue weighted by Crippen LogP contribution is -1.91. The Bertz CT molecular complexity index is 520. The Morgan fingerprint density at radius 2 is 2.00 bits per heavy atom. The van der Waals surface area contributed by atoms with Crippen molar-refractivity contribution < 1.29 is 13.5 Å². The molecule has 16 heavy (non-hydrogen) atoms. The van der Waals surface area contributed by atoms with Gasteiger partial charge in [0.25, 0.3) is 0 Å². The summed E-state index contributed by atoms with van der Waals surface area (Å²) in [5.41, 5.74) is 1.50. The molecule has 1 aromatic heterocycles. The van der Waals surface area contributed by atoms with Gasteiger partial charge in [0.2, 0.25) is 0 Å². The molecule has 0 aliphatic rings. The first-order valence-corrected chi connectivity index (χ1v) is 4.81. The summed E-state index contributed by atoms with van der Waals surface area (Å²) in [5, 5.41) is 0. The number of ether oxygens (including phenoxy) is 1. The molecule has 0 spiro atoms. The molecule has 84 valence electrons. The normalized spacial score (nSPS) is 10.5. The first-order valence-electron chi connectivity index (χ1n) is 4.81. The summed E-state index contributed by atoms with van der Waals surface area (Å²) in [7, 11) is 1.53. The second-order valence-electron chi connectivity index (χ2n) is 3.46. The quantitative estimate of drug-likeness (QED) is 0.830. The van der Waals surface area contributed by atoms with Crippen LogP contribution in [0.15, 0.2) is 24.4 Å². The summed E-state index contributed by atoms with van der Waals surface area (Å²) in [6.45, 7) is 1.79. The second-order valence-corrected chi connectivity index (χ2v) is 3.46. The molecule has 0 saturated heterocycles. The lowest BCUT2D eigenvalue weighted by atomic mass is 10.1. The van der Waals surface area contributed by atoms with E-state index in [1.807, 2.05) is 0 Å². The van der Waals surface area contributed by atoms with Crippen LogP contribution in [0.25, 0.3) is 11.3 Å². The Kier molecular flexibility index (Phi) is 2.64. The van der Waals surface area contributed by atoms with Gasteiger partial charge in [-0.2, -0.15) is 0 Å². The van der Waals surface area contributed by atoms with Crippen LogP contribution in [0.1, 0.15) is 5.56 Å². The van der Waals surface area contributed by atoms with Gasteiger partial charge in [0.15, 0.2) is 11.6 Å². The van der Waals surface area contributed by atoms with Crippen molar-refractivity contribution >= 4 is 0 Å². The highest BCUT2D eigenvalue weighted by molar-refractivity contribution is 5.67. The highest BCUT2D eigenvalue weighted by Gasteiger charge is 2.15. The van der Waals surface area contributed by atoms with Crippen molar-refractivity contribution in [1.29, 1.82) is 0 Å². The maximum atomic E-state index is 13.5. The van der Waals surface area contributed by atoms with Crippen molar-refractivity contribution in [1.82, 2.24) is 4.98 Å². The van der Waals surface area contributed by atoms with E-state index in [1.165, 1.54) is 19.2 Å². The Morgan fingerprint density at radius 3 is 2.62 bits per heavy atom. The molecule has 4 heteroatoms. The van der Waals surface area contributed by atoms with Crippen molar-refractivity contribution in [3.05, 3.63) is 41.6 Å². The SMILES string of the molecule is COc1c[nH]c(-c2cccc(F)c2F)c1C. The molecule has 1 aromatic carbocycles.